The van der Waals surface area contributed by atoms with Crippen molar-refractivity contribution >= 4 is 10.9 Å². The Hall–Kier alpha value is -2.22. The highest BCUT2D eigenvalue weighted by Gasteiger charge is 2.06. The van der Waals surface area contributed by atoms with E-state index in [4.69, 9.17) is 4.98 Å². The SMILES string of the molecule is Cc1ccc2nc(-c3nc(C)ccc3C)ccc2c1. The molecular weight excluding hydrogens is 232 g/mol. The second-order valence-electron chi connectivity index (χ2n) is 5.01. The smallest absolute Gasteiger partial charge is 0.0918 e. The molecule has 19 heavy (non-hydrogen) atoms. The first-order valence-corrected chi connectivity index (χ1v) is 6.45. The first-order valence-electron chi connectivity index (χ1n) is 6.45. The van der Waals surface area contributed by atoms with Gasteiger partial charge in [0.15, 0.2) is 0 Å². The maximum atomic E-state index is 4.73. The van der Waals surface area contributed by atoms with E-state index in [1.54, 1.807) is 0 Å². The van der Waals surface area contributed by atoms with Gasteiger partial charge < -0.3 is 0 Å². The molecule has 0 spiro atoms. The van der Waals surface area contributed by atoms with Crippen molar-refractivity contribution < 1.29 is 0 Å². The number of benzene rings is 1. The Morgan fingerprint density at radius 1 is 0.789 bits per heavy atom. The number of hydrogen-bond donors (Lipinski definition) is 0. The van der Waals surface area contributed by atoms with Crippen molar-refractivity contribution in [2.75, 3.05) is 0 Å². The van der Waals surface area contributed by atoms with Crippen LogP contribution in [0, 0.1) is 20.8 Å². The van der Waals surface area contributed by atoms with E-state index in [1.165, 1.54) is 10.9 Å². The summed E-state index contributed by atoms with van der Waals surface area (Å²) in [5.41, 5.74) is 6.37. The Kier molecular flexibility index (Phi) is 2.79. The minimum Gasteiger partial charge on any atom is -0.251 e. The van der Waals surface area contributed by atoms with E-state index in [9.17, 15) is 0 Å². The highest BCUT2D eigenvalue weighted by atomic mass is 14.8. The van der Waals surface area contributed by atoms with E-state index in [-0.39, 0.29) is 0 Å². The molecule has 2 heterocycles. The van der Waals surface area contributed by atoms with Crippen LogP contribution < -0.4 is 0 Å². The molecule has 0 saturated heterocycles. The van der Waals surface area contributed by atoms with E-state index in [0.717, 1.165) is 28.2 Å². The van der Waals surface area contributed by atoms with Crippen LogP contribution in [0.4, 0.5) is 0 Å². The molecule has 2 heteroatoms. The summed E-state index contributed by atoms with van der Waals surface area (Å²) in [5, 5.41) is 1.18. The largest absolute Gasteiger partial charge is 0.251 e. The van der Waals surface area contributed by atoms with E-state index in [2.05, 4.69) is 55.2 Å². The average Bonchev–Trinajstić information content (AvgIpc) is 2.41. The minimum atomic E-state index is 0.942. The van der Waals surface area contributed by atoms with Crippen LogP contribution in [0.25, 0.3) is 22.3 Å². The van der Waals surface area contributed by atoms with Gasteiger partial charge in [-0.1, -0.05) is 23.8 Å². The van der Waals surface area contributed by atoms with Crippen molar-refractivity contribution in [1.82, 2.24) is 9.97 Å². The molecule has 94 valence electrons. The molecule has 0 atom stereocenters. The molecule has 3 rings (SSSR count). The van der Waals surface area contributed by atoms with Crippen LogP contribution >= 0.6 is 0 Å². The molecule has 0 aliphatic rings. The summed E-state index contributed by atoms with van der Waals surface area (Å²) in [5.74, 6) is 0. The lowest BCUT2D eigenvalue weighted by Crippen LogP contribution is -1.93. The van der Waals surface area contributed by atoms with Crippen LogP contribution in [-0.4, -0.2) is 9.97 Å². The third-order valence-electron chi connectivity index (χ3n) is 3.32. The van der Waals surface area contributed by atoms with Crippen LogP contribution in [0.5, 0.6) is 0 Å². The molecule has 1 aromatic carbocycles. The third-order valence-corrected chi connectivity index (χ3v) is 3.32. The molecule has 2 nitrogen and oxygen atoms in total. The number of hydrogen-bond acceptors (Lipinski definition) is 2. The van der Waals surface area contributed by atoms with Crippen LogP contribution in [0.1, 0.15) is 16.8 Å². The molecule has 0 aliphatic carbocycles. The second kappa shape index (κ2) is 4.47. The van der Waals surface area contributed by atoms with Gasteiger partial charge in [-0.15, -0.1) is 0 Å². The Labute approximate surface area is 113 Å². The van der Waals surface area contributed by atoms with Crippen LogP contribution in [-0.2, 0) is 0 Å². The maximum absolute atomic E-state index is 4.73. The molecule has 0 unspecified atom stereocenters. The zero-order valence-electron chi connectivity index (χ0n) is 11.4. The van der Waals surface area contributed by atoms with Crippen molar-refractivity contribution in [3.05, 3.63) is 59.3 Å². The lowest BCUT2D eigenvalue weighted by molar-refractivity contribution is 1.16. The fourth-order valence-corrected chi connectivity index (χ4v) is 2.26. The maximum Gasteiger partial charge on any atom is 0.0918 e. The molecule has 0 N–H and O–H groups in total. The summed E-state index contributed by atoms with van der Waals surface area (Å²) in [6.45, 7) is 6.18. The Morgan fingerprint density at radius 2 is 1.63 bits per heavy atom. The monoisotopic (exact) mass is 248 g/mol. The number of aryl methyl sites for hydroxylation is 3. The Balaban J connectivity index is 2.20. The molecule has 0 bridgehead atoms. The lowest BCUT2D eigenvalue weighted by Gasteiger charge is -2.07. The summed E-state index contributed by atoms with van der Waals surface area (Å²) >= 11 is 0. The molecule has 2 aromatic heterocycles. The lowest BCUT2D eigenvalue weighted by atomic mass is 10.1. The van der Waals surface area contributed by atoms with Gasteiger partial charge in [0.2, 0.25) is 0 Å². The molecule has 0 radical (unpaired) electrons. The average molecular weight is 248 g/mol. The molecular formula is C17H16N2. The summed E-state index contributed by atoms with van der Waals surface area (Å²) in [6, 6.07) is 14.6. The van der Waals surface area contributed by atoms with Crippen molar-refractivity contribution in [2.45, 2.75) is 20.8 Å². The molecule has 0 aliphatic heterocycles. The second-order valence-corrected chi connectivity index (χ2v) is 5.01. The third kappa shape index (κ3) is 2.22. The first-order chi connectivity index (χ1) is 9.13. The summed E-state index contributed by atoms with van der Waals surface area (Å²) in [7, 11) is 0. The topological polar surface area (TPSA) is 25.8 Å². The number of rotatable bonds is 1. The highest BCUT2D eigenvalue weighted by Crippen LogP contribution is 2.23. The van der Waals surface area contributed by atoms with Gasteiger partial charge in [0.25, 0.3) is 0 Å². The van der Waals surface area contributed by atoms with E-state index >= 15 is 0 Å². The number of aromatic nitrogens is 2. The van der Waals surface area contributed by atoms with E-state index in [1.807, 2.05) is 13.0 Å². The zero-order chi connectivity index (χ0) is 13.4. The summed E-state index contributed by atoms with van der Waals surface area (Å²) in [4.78, 5) is 9.33. The fraction of sp³-hybridized carbons (Fsp3) is 0.176. The predicted octanol–water partition coefficient (Wildman–Crippen LogP) is 4.22. The van der Waals surface area contributed by atoms with Crippen LogP contribution in [0.15, 0.2) is 42.5 Å². The van der Waals surface area contributed by atoms with Crippen LogP contribution in [0.3, 0.4) is 0 Å². The van der Waals surface area contributed by atoms with Crippen molar-refractivity contribution in [1.29, 1.82) is 0 Å². The van der Waals surface area contributed by atoms with E-state index < -0.39 is 0 Å². The highest BCUT2D eigenvalue weighted by molar-refractivity contribution is 5.82. The number of pyridine rings is 2. The first kappa shape index (κ1) is 11.8. The van der Waals surface area contributed by atoms with Crippen molar-refractivity contribution in [3.63, 3.8) is 0 Å². The van der Waals surface area contributed by atoms with Crippen molar-refractivity contribution in [3.8, 4) is 11.4 Å². The Morgan fingerprint density at radius 3 is 2.47 bits per heavy atom. The van der Waals surface area contributed by atoms with Crippen molar-refractivity contribution in [2.24, 2.45) is 0 Å². The van der Waals surface area contributed by atoms with Gasteiger partial charge in [-0.3, -0.25) is 4.98 Å². The zero-order valence-corrected chi connectivity index (χ0v) is 11.4. The predicted molar refractivity (Wildman–Crippen MR) is 79.2 cm³/mol. The summed E-state index contributed by atoms with van der Waals surface area (Å²) in [6.07, 6.45) is 0. The Bertz CT molecular complexity index is 760. The minimum absolute atomic E-state index is 0.942. The molecule has 0 fully saturated rings. The molecule has 0 amide bonds. The van der Waals surface area contributed by atoms with Gasteiger partial charge in [0, 0.05) is 11.1 Å². The normalized spacial score (nSPS) is 10.9. The standard InChI is InChI=1S/C17H16N2/c1-11-4-8-15-14(10-11)7-9-16(19-15)17-12(2)5-6-13(3)18-17/h4-10H,1-3H3. The van der Waals surface area contributed by atoms with Gasteiger partial charge in [-0.2, -0.15) is 0 Å². The number of fused-ring (bicyclic) bond motifs is 1. The van der Waals surface area contributed by atoms with Gasteiger partial charge in [-0.25, -0.2) is 4.98 Å². The van der Waals surface area contributed by atoms with Gasteiger partial charge in [-0.05, 0) is 50.6 Å². The molecule has 3 aromatic rings. The van der Waals surface area contributed by atoms with E-state index in [0.29, 0.717) is 0 Å². The van der Waals surface area contributed by atoms with Gasteiger partial charge >= 0.3 is 0 Å². The molecule has 0 saturated carbocycles. The van der Waals surface area contributed by atoms with Gasteiger partial charge in [0.05, 0.1) is 16.9 Å². The fourth-order valence-electron chi connectivity index (χ4n) is 2.26. The quantitative estimate of drug-likeness (QED) is 0.644. The van der Waals surface area contributed by atoms with Gasteiger partial charge in [0.1, 0.15) is 0 Å². The number of nitrogens with zero attached hydrogens (tertiary/aromatic N) is 2. The summed E-state index contributed by atoms with van der Waals surface area (Å²) < 4.78 is 0. The van der Waals surface area contributed by atoms with Crippen LogP contribution in [0.2, 0.25) is 0 Å².